The lowest BCUT2D eigenvalue weighted by atomic mass is 9.88. The van der Waals surface area contributed by atoms with Crippen LogP contribution in [0.2, 0.25) is 0 Å². The first-order valence-corrected chi connectivity index (χ1v) is 9.08. The van der Waals surface area contributed by atoms with Crippen LogP contribution in [0.1, 0.15) is 44.3 Å². The lowest BCUT2D eigenvalue weighted by molar-refractivity contribution is -0.160. The molecule has 0 aliphatic carbocycles. The lowest BCUT2D eigenvalue weighted by Gasteiger charge is -2.42. The van der Waals surface area contributed by atoms with E-state index in [1.807, 2.05) is 29.2 Å². The Labute approximate surface area is 143 Å². The summed E-state index contributed by atoms with van der Waals surface area (Å²) in [4.78, 5) is 21.0. The highest BCUT2D eigenvalue weighted by Crippen LogP contribution is 2.27. The van der Waals surface area contributed by atoms with Crippen molar-refractivity contribution in [2.24, 2.45) is 5.41 Å². The predicted molar refractivity (Wildman–Crippen MR) is 93.4 cm³/mol. The third kappa shape index (κ3) is 4.99. The van der Waals surface area contributed by atoms with E-state index in [0.717, 1.165) is 23.7 Å². The summed E-state index contributed by atoms with van der Waals surface area (Å²) in [5.41, 5.74) is -0.241. The first-order chi connectivity index (χ1) is 10.6. The number of nitrogens with zero attached hydrogens (tertiary/aromatic N) is 3. The molecule has 1 amide bonds. The van der Waals surface area contributed by atoms with E-state index in [4.69, 9.17) is 0 Å². The maximum absolute atomic E-state index is 12.8. The Balaban J connectivity index is 2.00. The predicted octanol–water partition coefficient (Wildman–Crippen LogP) is 2.28. The quantitative estimate of drug-likeness (QED) is 0.894. The van der Waals surface area contributed by atoms with Gasteiger partial charge in [0.1, 0.15) is 0 Å². The van der Waals surface area contributed by atoms with Crippen molar-refractivity contribution in [3.8, 4) is 0 Å². The second-order valence-corrected chi connectivity index (χ2v) is 9.01. The third-order valence-corrected chi connectivity index (χ3v) is 4.82. The average molecular weight is 340 g/mol. The highest BCUT2D eigenvalue weighted by Gasteiger charge is 2.43. The molecule has 1 N–H and O–H groups in total. The van der Waals surface area contributed by atoms with Gasteiger partial charge in [-0.25, -0.2) is 4.98 Å². The molecule has 0 aromatic carbocycles. The number of rotatable bonds is 5. The van der Waals surface area contributed by atoms with Crippen molar-refractivity contribution in [3.05, 3.63) is 16.1 Å². The largest absolute Gasteiger partial charge is 0.379 e. The van der Waals surface area contributed by atoms with Crippen LogP contribution in [0.3, 0.4) is 0 Å². The number of likely N-dealkylation sites (tertiary alicyclic amines) is 1. The zero-order chi connectivity index (χ0) is 17.3. The molecule has 1 aromatic heterocycles. The van der Waals surface area contributed by atoms with Gasteiger partial charge in [-0.3, -0.25) is 9.69 Å². The fourth-order valence-corrected chi connectivity index (χ4v) is 3.80. The van der Waals surface area contributed by atoms with Crippen molar-refractivity contribution >= 4 is 17.2 Å². The molecule has 0 bridgehead atoms. The van der Waals surface area contributed by atoms with Gasteiger partial charge in [-0.1, -0.05) is 20.8 Å². The Morgan fingerprint density at radius 3 is 2.74 bits per heavy atom. The summed E-state index contributed by atoms with van der Waals surface area (Å²) in [5.74, 6) is -0.125. The average Bonchev–Trinajstić information content (AvgIpc) is 2.79. The zero-order valence-electron chi connectivity index (χ0n) is 14.9. The smallest absolute Gasteiger partial charge is 0.255 e. The van der Waals surface area contributed by atoms with Gasteiger partial charge in [0.25, 0.3) is 5.91 Å². The molecule has 23 heavy (non-hydrogen) atoms. The van der Waals surface area contributed by atoms with Crippen LogP contribution in [0, 0.1) is 12.3 Å². The standard InChI is InChI=1S/C17H29N3O2S/c1-13-18-14(10-23-13)9-19(5)12-17(22)7-6-8-20(15(17)21)11-16(2,3)4/h10,22H,6-9,11-12H2,1-5H3/t17-/m0/s1. The first-order valence-electron chi connectivity index (χ1n) is 8.20. The highest BCUT2D eigenvalue weighted by molar-refractivity contribution is 7.09. The third-order valence-electron chi connectivity index (χ3n) is 4.00. The number of aromatic nitrogens is 1. The molecule has 1 atom stereocenters. The minimum absolute atomic E-state index is 0.0396. The number of likely N-dealkylation sites (N-methyl/N-ethyl adjacent to an activating group) is 1. The van der Waals surface area contributed by atoms with Gasteiger partial charge >= 0.3 is 0 Å². The second-order valence-electron chi connectivity index (χ2n) is 7.95. The number of carbonyl (C=O) groups is 1. The van der Waals surface area contributed by atoms with E-state index < -0.39 is 5.60 Å². The summed E-state index contributed by atoms with van der Waals surface area (Å²) in [6.07, 6.45) is 1.38. The van der Waals surface area contributed by atoms with Crippen LogP contribution in [-0.4, -0.2) is 58.1 Å². The van der Waals surface area contributed by atoms with Crippen LogP contribution < -0.4 is 0 Å². The molecule has 5 nitrogen and oxygen atoms in total. The second kappa shape index (κ2) is 6.87. The van der Waals surface area contributed by atoms with Crippen molar-refractivity contribution in [1.29, 1.82) is 0 Å². The number of carbonyl (C=O) groups excluding carboxylic acids is 1. The summed E-state index contributed by atoms with van der Waals surface area (Å²) in [6.45, 7) is 10.8. The fourth-order valence-electron chi connectivity index (χ4n) is 3.20. The van der Waals surface area contributed by atoms with E-state index in [0.29, 0.717) is 26.1 Å². The molecule has 130 valence electrons. The lowest BCUT2D eigenvalue weighted by Crippen LogP contribution is -2.59. The van der Waals surface area contributed by atoms with Crippen molar-refractivity contribution in [2.75, 3.05) is 26.7 Å². The summed E-state index contributed by atoms with van der Waals surface area (Å²) < 4.78 is 0. The SMILES string of the molecule is Cc1nc(CN(C)C[C@@]2(O)CCCN(CC(C)(C)C)C2=O)cs1. The van der Waals surface area contributed by atoms with Gasteiger partial charge in [0.05, 0.1) is 10.7 Å². The van der Waals surface area contributed by atoms with Crippen LogP contribution >= 0.6 is 11.3 Å². The van der Waals surface area contributed by atoms with E-state index in [1.54, 1.807) is 11.3 Å². The molecule has 0 saturated carbocycles. The highest BCUT2D eigenvalue weighted by atomic mass is 32.1. The number of thiazole rings is 1. The van der Waals surface area contributed by atoms with Gasteiger partial charge in [-0.15, -0.1) is 11.3 Å². The Hall–Kier alpha value is -0.980. The van der Waals surface area contributed by atoms with Crippen molar-refractivity contribution in [3.63, 3.8) is 0 Å². The van der Waals surface area contributed by atoms with E-state index in [9.17, 15) is 9.90 Å². The Kier molecular flexibility index (Phi) is 5.48. The number of amides is 1. The van der Waals surface area contributed by atoms with Gasteiger partial charge in [-0.2, -0.15) is 0 Å². The number of aryl methyl sites for hydroxylation is 1. The number of hydrogen-bond donors (Lipinski definition) is 1. The van der Waals surface area contributed by atoms with Crippen LogP contribution in [0.4, 0.5) is 0 Å². The summed E-state index contributed by atoms with van der Waals surface area (Å²) in [6, 6.07) is 0. The maximum Gasteiger partial charge on any atom is 0.255 e. The molecular weight excluding hydrogens is 310 g/mol. The number of aliphatic hydroxyl groups is 1. The number of piperidine rings is 1. The molecule has 0 unspecified atom stereocenters. The van der Waals surface area contributed by atoms with Gasteiger partial charge in [0, 0.05) is 31.6 Å². The molecule has 2 heterocycles. The van der Waals surface area contributed by atoms with Gasteiger partial charge in [0.15, 0.2) is 5.60 Å². The molecule has 1 aliphatic heterocycles. The summed E-state index contributed by atoms with van der Waals surface area (Å²) in [5, 5.41) is 14.0. The van der Waals surface area contributed by atoms with Crippen molar-refractivity contribution < 1.29 is 9.90 Å². The minimum atomic E-state index is -1.27. The van der Waals surface area contributed by atoms with E-state index >= 15 is 0 Å². The molecule has 6 heteroatoms. The molecule has 1 fully saturated rings. The molecule has 0 spiro atoms. The zero-order valence-corrected chi connectivity index (χ0v) is 15.7. The minimum Gasteiger partial charge on any atom is -0.379 e. The Morgan fingerprint density at radius 1 is 1.48 bits per heavy atom. The van der Waals surface area contributed by atoms with Crippen LogP contribution in [0.15, 0.2) is 5.38 Å². The van der Waals surface area contributed by atoms with Gasteiger partial charge in [0.2, 0.25) is 0 Å². The normalized spacial score (nSPS) is 22.9. The van der Waals surface area contributed by atoms with E-state index in [1.165, 1.54) is 0 Å². The maximum atomic E-state index is 12.8. The Morgan fingerprint density at radius 2 is 2.17 bits per heavy atom. The summed E-state index contributed by atoms with van der Waals surface area (Å²) >= 11 is 1.62. The molecule has 2 rings (SSSR count). The summed E-state index contributed by atoms with van der Waals surface area (Å²) in [7, 11) is 1.93. The molecule has 1 saturated heterocycles. The molecule has 0 radical (unpaired) electrons. The monoisotopic (exact) mass is 339 g/mol. The van der Waals surface area contributed by atoms with Crippen molar-refractivity contribution in [2.45, 2.75) is 52.7 Å². The molecule has 1 aromatic rings. The van der Waals surface area contributed by atoms with Crippen LogP contribution in [0.25, 0.3) is 0 Å². The fraction of sp³-hybridized carbons (Fsp3) is 0.765. The number of hydrogen-bond acceptors (Lipinski definition) is 5. The van der Waals surface area contributed by atoms with E-state index in [2.05, 4.69) is 25.8 Å². The Bertz CT molecular complexity index is 552. The van der Waals surface area contributed by atoms with Crippen LogP contribution in [0.5, 0.6) is 0 Å². The topological polar surface area (TPSA) is 56.7 Å². The molecule has 1 aliphatic rings. The van der Waals surface area contributed by atoms with Gasteiger partial charge < -0.3 is 10.0 Å². The first kappa shape index (κ1) is 18.4. The van der Waals surface area contributed by atoms with Crippen molar-refractivity contribution in [1.82, 2.24) is 14.8 Å². The van der Waals surface area contributed by atoms with Crippen LogP contribution in [-0.2, 0) is 11.3 Å². The molecular formula is C17H29N3O2S. The van der Waals surface area contributed by atoms with E-state index in [-0.39, 0.29) is 11.3 Å². The van der Waals surface area contributed by atoms with Gasteiger partial charge in [-0.05, 0) is 32.2 Å².